The lowest BCUT2D eigenvalue weighted by Gasteiger charge is -2.29. The van der Waals surface area contributed by atoms with Gasteiger partial charge in [0.05, 0.1) is 0 Å². The lowest BCUT2D eigenvalue weighted by Crippen LogP contribution is -2.52. The molecule has 2 aliphatic rings. The normalized spacial score (nSPS) is 19.8. The first-order valence-corrected chi connectivity index (χ1v) is 8.86. The van der Waals surface area contributed by atoms with Crippen LogP contribution in [0.5, 0.6) is 0 Å². The molecule has 0 spiro atoms. The van der Waals surface area contributed by atoms with Gasteiger partial charge in [-0.2, -0.15) is 0 Å². The summed E-state index contributed by atoms with van der Waals surface area (Å²) in [5.74, 6) is -0.805. The number of hydrogen-bond acceptors (Lipinski definition) is 3. The summed E-state index contributed by atoms with van der Waals surface area (Å²) in [4.78, 5) is 37.6. The van der Waals surface area contributed by atoms with Crippen molar-refractivity contribution in [3.63, 3.8) is 0 Å². The smallest absolute Gasteiger partial charge is 0.255 e. The highest BCUT2D eigenvalue weighted by molar-refractivity contribution is 9.10. The van der Waals surface area contributed by atoms with E-state index in [1.54, 1.807) is 4.90 Å². The van der Waals surface area contributed by atoms with Crippen molar-refractivity contribution in [2.75, 3.05) is 0 Å². The van der Waals surface area contributed by atoms with E-state index in [-0.39, 0.29) is 24.1 Å². The minimum absolute atomic E-state index is 0.146. The van der Waals surface area contributed by atoms with Crippen LogP contribution in [0.15, 0.2) is 46.9 Å². The van der Waals surface area contributed by atoms with E-state index in [1.165, 1.54) is 0 Å². The molecule has 1 saturated heterocycles. The molecular weight excluding hydrogens is 384 g/mol. The Morgan fingerprint density at radius 3 is 2.44 bits per heavy atom. The lowest BCUT2D eigenvalue weighted by molar-refractivity contribution is -0.136. The van der Waals surface area contributed by atoms with Gasteiger partial charge < -0.3 is 4.90 Å². The summed E-state index contributed by atoms with van der Waals surface area (Å²) >= 11 is 3.42. The van der Waals surface area contributed by atoms with E-state index in [1.807, 2.05) is 42.5 Å². The summed E-state index contributed by atoms with van der Waals surface area (Å²) in [5, 5.41) is 2.32. The summed E-state index contributed by atoms with van der Waals surface area (Å²) in [6.07, 6.45) is 0.643. The van der Waals surface area contributed by atoms with Gasteiger partial charge in [-0.1, -0.05) is 34.1 Å². The van der Waals surface area contributed by atoms with Crippen LogP contribution >= 0.6 is 15.9 Å². The fourth-order valence-corrected chi connectivity index (χ4v) is 3.66. The molecule has 2 aromatic carbocycles. The Morgan fingerprint density at radius 1 is 1.00 bits per heavy atom. The summed E-state index contributed by atoms with van der Waals surface area (Å²) < 4.78 is 1.01. The highest BCUT2D eigenvalue weighted by Gasteiger charge is 2.39. The molecule has 2 aliphatic heterocycles. The Labute approximate surface area is 153 Å². The maximum Gasteiger partial charge on any atom is 0.255 e. The number of hydrogen-bond donors (Lipinski definition) is 1. The van der Waals surface area contributed by atoms with Gasteiger partial charge >= 0.3 is 0 Å². The van der Waals surface area contributed by atoms with Crippen LogP contribution in [0.4, 0.5) is 0 Å². The van der Waals surface area contributed by atoms with Crippen molar-refractivity contribution < 1.29 is 14.4 Å². The summed E-state index contributed by atoms with van der Waals surface area (Å²) in [6.45, 7) is 0.394. The fraction of sp³-hybridized carbons (Fsp3) is 0.211. The maximum absolute atomic E-state index is 12.7. The number of amides is 3. The zero-order valence-electron chi connectivity index (χ0n) is 13.3. The molecule has 2 heterocycles. The van der Waals surface area contributed by atoms with Crippen LogP contribution in [0.1, 0.15) is 28.8 Å². The van der Waals surface area contributed by atoms with Gasteiger partial charge in [0.1, 0.15) is 6.04 Å². The number of fused-ring (bicyclic) bond motifs is 1. The van der Waals surface area contributed by atoms with Crippen LogP contribution in [0.2, 0.25) is 0 Å². The van der Waals surface area contributed by atoms with Crippen molar-refractivity contribution in [3.8, 4) is 11.1 Å². The molecule has 1 fully saturated rings. The van der Waals surface area contributed by atoms with Gasteiger partial charge in [0, 0.05) is 23.0 Å². The second-order valence-electron chi connectivity index (χ2n) is 6.28. The average Bonchev–Trinajstić information content (AvgIpc) is 2.92. The maximum atomic E-state index is 12.7. The second kappa shape index (κ2) is 6.11. The van der Waals surface area contributed by atoms with Gasteiger partial charge in [-0.25, -0.2) is 0 Å². The van der Waals surface area contributed by atoms with Crippen LogP contribution < -0.4 is 5.32 Å². The van der Waals surface area contributed by atoms with Gasteiger partial charge in [0.15, 0.2) is 0 Å². The van der Waals surface area contributed by atoms with Crippen molar-refractivity contribution in [1.82, 2.24) is 10.2 Å². The molecule has 0 bridgehead atoms. The Hall–Kier alpha value is -2.47. The Balaban J connectivity index is 1.62. The molecule has 2 aromatic rings. The standard InChI is InChI=1S/C19H15BrN2O3/c20-14-4-1-11(2-5-14)12-3-6-15-13(9-12)10-22(19(15)25)16-7-8-17(23)21-18(16)24/h1-6,9,16H,7-8,10H2,(H,21,23,24). The fourth-order valence-electron chi connectivity index (χ4n) is 3.40. The lowest BCUT2D eigenvalue weighted by atomic mass is 10.0. The van der Waals surface area contributed by atoms with E-state index in [4.69, 9.17) is 0 Å². The van der Waals surface area contributed by atoms with Crippen LogP contribution in [0.25, 0.3) is 11.1 Å². The second-order valence-corrected chi connectivity index (χ2v) is 7.19. The molecule has 4 rings (SSSR count). The van der Waals surface area contributed by atoms with Crippen molar-refractivity contribution in [2.24, 2.45) is 0 Å². The van der Waals surface area contributed by atoms with Gasteiger partial charge in [0.2, 0.25) is 11.8 Å². The topological polar surface area (TPSA) is 66.5 Å². The van der Waals surface area contributed by atoms with Crippen LogP contribution in [-0.2, 0) is 16.1 Å². The number of nitrogens with zero attached hydrogens (tertiary/aromatic N) is 1. The predicted molar refractivity (Wildman–Crippen MR) is 95.6 cm³/mol. The van der Waals surface area contributed by atoms with E-state index >= 15 is 0 Å². The minimum Gasteiger partial charge on any atom is -0.322 e. The number of nitrogens with one attached hydrogen (secondary N) is 1. The molecule has 0 aromatic heterocycles. The number of rotatable bonds is 2. The quantitative estimate of drug-likeness (QED) is 0.790. The number of carbonyl (C=O) groups is 3. The molecule has 1 N–H and O–H groups in total. The van der Waals surface area contributed by atoms with Gasteiger partial charge in [-0.05, 0) is 47.4 Å². The molecule has 126 valence electrons. The molecule has 0 saturated carbocycles. The first-order valence-electron chi connectivity index (χ1n) is 8.06. The van der Waals surface area contributed by atoms with E-state index in [0.717, 1.165) is 21.2 Å². The molecule has 25 heavy (non-hydrogen) atoms. The number of carbonyl (C=O) groups excluding carboxylic acids is 3. The molecule has 3 amide bonds. The zero-order chi connectivity index (χ0) is 17.6. The third-order valence-electron chi connectivity index (χ3n) is 4.70. The van der Waals surface area contributed by atoms with E-state index in [9.17, 15) is 14.4 Å². The Kier molecular flexibility index (Phi) is 3.92. The SMILES string of the molecule is O=C1CCC(N2Cc3cc(-c4ccc(Br)cc4)ccc3C2=O)C(=O)N1. The molecule has 5 nitrogen and oxygen atoms in total. The molecule has 6 heteroatoms. The van der Waals surface area contributed by atoms with E-state index in [0.29, 0.717) is 18.5 Å². The average molecular weight is 399 g/mol. The number of piperidine rings is 1. The number of imide groups is 1. The van der Waals surface area contributed by atoms with Crippen LogP contribution in [0, 0.1) is 0 Å². The predicted octanol–water partition coefficient (Wildman–Crippen LogP) is 2.88. The van der Waals surface area contributed by atoms with Gasteiger partial charge in [0.25, 0.3) is 5.91 Å². The molecular formula is C19H15BrN2O3. The molecule has 1 atom stereocenters. The molecule has 0 radical (unpaired) electrons. The van der Waals surface area contributed by atoms with E-state index < -0.39 is 6.04 Å². The highest BCUT2D eigenvalue weighted by atomic mass is 79.9. The van der Waals surface area contributed by atoms with Gasteiger partial charge in [-0.3, -0.25) is 19.7 Å². The summed E-state index contributed by atoms with van der Waals surface area (Å²) in [6, 6.07) is 13.2. The summed E-state index contributed by atoms with van der Waals surface area (Å²) in [7, 11) is 0. The van der Waals surface area contributed by atoms with Gasteiger partial charge in [-0.15, -0.1) is 0 Å². The Morgan fingerprint density at radius 2 is 1.72 bits per heavy atom. The third-order valence-corrected chi connectivity index (χ3v) is 5.23. The minimum atomic E-state index is -0.575. The van der Waals surface area contributed by atoms with Crippen molar-refractivity contribution in [2.45, 2.75) is 25.4 Å². The summed E-state index contributed by atoms with van der Waals surface area (Å²) in [5.41, 5.74) is 3.64. The monoisotopic (exact) mass is 398 g/mol. The van der Waals surface area contributed by atoms with Crippen molar-refractivity contribution in [3.05, 3.63) is 58.1 Å². The van der Waals surface area contributed by atoms with Crippen molar-refractivity contribution in [1.29, 1.82) is 0 Å². The first-order chi connectivity index (χ1) is 12.0. The first kappa shape index (κ1) is 16.0. The molecule has 0 aliphatic carbocycles. The highest BCUT2D eigenvalue weighted by Crippen LogP contribution is 2.31. The van der Waals surface area contributed by atoms with Crippen LogP contribution in [-0.4, -0.2) is 28.7 Å². The van der Waals surface area contributed by atoms with Crippen molar-refractivity contribution >= 4 is 33.7 Å². The largest absolute Gasteiger partial charge is 0.322 e. The number of benzene rings is 2. The third kappa shape index (κ3) is 2.87. The van der Waals surface area contributed by atoms with Crippen LogP contribution in [0.3, 0.4) is 0 Å². The molecule has 1 unspecified atom stereocenters. The number of halogens is 1. The zero-order valence-corrected chi connectivity index (χ0v) is 14.9. The Bertz CT molecular complexity index is 892. The van der Waals surface area contributed by atoms with E-state index in [2.05, 4.69) is 21.2 Å².